The van der Waals surface area contributed by atoms with Crippen molar-refractivity contribution < 1.29 is 32.2 Å². The maximum Gasteiger partial charge on any atom is 0.416 e. The van der Waals surface area contributed by atoms with Crippen LogP contribution in [0.3, 0.4) is 0 Å². The van der Waals surface area contributed by atoms with Crippen molar-refractivity contribution in [2.45, 2.75) is 51.3 Å². The number of aromatic nitrogens is 1. The third-order valence-electron chi connectivity index (χ3n) is 6.01. The smallest absolute Gasteiger partial charge is 0.416 e. The van der Waals surface area contributed by atoms with Crippen LogP contribution in [0.15, 0.2) is 52.0 Å². The molecule has 2 atom stereocenters. The molecule has 170 valence electrons. The van der Waals surface area contributed by atoms with Gasteiger partial charge in [-0.2, -0.15) is 13.2 Å². The van der Waals surface area contributed by atoms with E-state index < -0.39 is 17.7 Å². The van der Waals surface area contributed by atoms with E-state index in [2.05, 4.69) is 4.98 Å². The van der Waals surface area contributed by atoms with Crippen molar-refractivity contribution in [1.29, 1.82) is 0 Å². The average molecular weight is 447 g/mol. The molecule has 0 aliphatic heterocycles. The second kappa shape index (κ2) is 8.94. The van der Waals surface area contributed by atoms with Crippen LogP contribution in [-0.4, -0.2) is 28.8 Å². The van der Waals surface area contributed by atoms with Gasteiger partial charge in [-0.05, 0) is 61.9 Å². The van der Waals surface area contributed by atoms with Crippen molar-refractivity contribution in [3.63, 3.8) is 0 Å². The maximum absolute atomic E-state index is 12.7. The standard InChI is InChI=1S/C24H24F3NO4/c1-14-21(32-23(28-14)15-4-6-18(7-5-15)24(25,26)27)10-11-31-19-8-9-20-16(12-19)2-3-17(20)13-22(29)30/h4-9,17,19H,2-3,10-13H2,1H3,(H,29,30)/t17-,19?/m0/s1. The Hall–Kier alpha value is -2.87. The molecule has 1 heterocycles. The fraction of sp³-hybridized carbons (Fsp3) is 0.417. The summed E-state index contributed by atoms with van der Waals surface area (Å²) in [6.07, 6.45) is 2.77. The molecule has 1 N–H and O–H groups in total. The Kier molecular flexibility index (Phi) is 6.24. The van der Waals surface area contributed by atoms with Crippen LogP contribution in [0.1, 0.15) is 42.7 Å². The van der Waals surface area contributed by atoms with Gasteiger partial charge < -0.3 is 14.3 Å². The molecule has 4 rings (SSSR count). The lowest BCUT2D eigenvalue weighted by Gasteiger charge is -2.20. The van der Waals surface area contributed by atoms with Crippen LogP contribution in [0.4, 0.5) is 13.2 Å². The van der Waals surface area contributed by atoms with E-state index in [1.165, 1.54) is 17.7 Å². The van der Waals surface area contributed by atoms with E-state index in [0.29, 0.717) is 30.0 Å². The first-order chi connectivity index (χ1) is 15.2. The molecule has 0 bridgehead atoms. The number of hydrogen-bond donors (Lipinski definition) is 1. The maximum atomic E-state index is 12.7. The van der Waals surface area contributed by atoms with E-state index in [-0.39, 0.29) is 24.3 Å². The number of oxazole rings is 1. The second-order valence-corrected chi connectivity index (χ2v) is 8.22. The van der Waals surface area contributed by atoms with Crippen LogP contribution in [0, 0.1) is 12.8 Å². The number of carboxylic acids is 1. The molecule has 0 amide bonds. The number of aliphatic carboxylic acids is 1. The minimum absolute atomic E-state index is 0.0602. The number of benzene rings is 1. The van der Waals surface area contributed by atoms with Gasteiger partial charge in [-0.3, -0.25) is 4.79 Å². The number of ether oxygens (including phenoxy) is 1. The van der Waals surface area contributed by atoms with Crippen molar-refractivity contribution in [2.75, 3.05) is 6.61 Å². The predicted octanol–water partition coefficient (Wildman–Crippen LogP) is 5.74. The highest BCUT2D eigenvalue weighted by atomic mass is 19.4. The van der Waals surface area contributed by atoms with Crippen molar-refractivity contribution in [3.8, 4) is 11.5 Å². The van der Waals surface area contributed by atoms with E-state index in [4.69, 9.17) is 14.3 Å². The molecule has 1 aromatic heterocycles. The number of carbonyl (C=O) groups is 1. The third-order valence-corrected chi connectivity index (χ3v) is 6.01. The second-order valence-electron chi connectivity index (χ2n) is 8.22. The van der Waals surface area contributed by atoms with E-state index in [1.807, 2.05) is 12.2 Å². The highest BCUT2D eigenvalue weighted by Crippen LogP contribution is 2.40. The van der Waals surface area contributed by atoms with Gasteiger partial charge in [0.05, 0.1) is 30.4 Å². The summed E-state index contributed by atoms with van der Waals surface area (Å²) < 4.78 is 50.0. The lowest BCUT2D eigenvalue weighted by molar-refractivity contribution is -0.138. The zero-order valence-corrected chi connectivity index (χ0v) is 17.6. The molecule has 8 heteroatoms. The van der Waals surface area contributed by atoms with Crippen molar-refractivity contribution in [1.82, 2.24) is 4.98 Å². The number of nitrogens with zero attached hydrogens (tertiary/aromatic N) is 1. The zero-order valence-electron chi connectivity index (χ0n) is 17.6. The molecule has 0 fully saturated rings. The molecule has 1 unspecified atom stereocenters. The molecule has 2 aliphatic carbocycles. The molecular weight excluding hydrogens is 423 g/mol. The lowest BCUT2D eigenvalue weighted by Crippen LogP contribution is -2.16. The Bertz CT molecular complexity index is 1050. The molecule has 0 spiro atoms. The topological polar surface area (TPSA) is 72.6 Å². The minimum Gasteiger partial charge on any atom is -0.481 e. The van der Waals surface area contributed by atoms with Gasteiger partial charge in [-0.25, -0.2) is 4.98 Å². The fourth-order valence-electron chi connectivity index (χ4n) is 4.36. The number of halogens is 3. The highest BCUT2D eigenvalue weighted by Gasteiger charge is 2.31. The largest absolute Gasteiger partial charge is 0.481 e. The third kappa shape index (κ3) is 4.96. The molecule has 0 radical (unpaired) electrons. The van der Waals surface area contributed by atoms with Gasteiger partial charge in [-0.15, -0.1) is 0 Å². The quantitative estimate of drug-likeness (QED) is 0.586. The van der Waals surface area contributed by atoms with Crippen LogP contribution >= 0.6 is 0 Å². The lowest BCUT2D eigenvalue weighted by atomic mass is 9.92. The fourth-order valence-corrected chi connectivity index (χ4v) is 4.36. The predicted molar refractivity (Wildman–Crippen MR) is 111 cm³/mol. The molecule has 0 saturated carbocycles. The molecule has 2 aliphatic rings. The first kappa shape index (κ1) is 22.3. The van der Waals surface area contributed by atoms with Gasteiger partial charge >= 0.3 is 12.1 Å². The normalized spacial score (nSPS) is 20.6. The van der Waals surface area contributed by atoms with Gasteiger partial charge in [0.2, 0.25) is 5.89 Å². The number of allylic oxidation sites excluding steroid dienone is 2. The molecule has 2 aromatic rings. The Balaban J connectivity index is 1.32. The van der Waals surface area contributed by atoms with Crippen LogP contribution in [0.5, 0.6) is 0 Å². The number of hydrogen-bond acceptors (Lipinski definition) is 4. The van der Waals surface area contributed by atoms with Crippen molar-refractivity contribution in [2.24, 2.45) is 5.92 Å². The first-order valence-electron chi connectivity index (χ1n) is 10.6. The average Bonchev–Trinajstić information content (AvgIpc) is 3.30. The van der Waals surface area contributed by atoms with E-state index >= 15 is 0 Å². The van der Waals surface area contributed by atoms with Crippen LogP contribution < -0.4 is 0 Å². The van der Waals surface area contributed by atoms with E-state index in [0.717, 1.165) is 37.0 Å². The van der Waals surface area contributed by atoms with Gasteiger partial charge in [0.1, 0.15) is 5.76 Å². The van der Waals surface area contributed by atoms with Crippen LogP contribution in [0.2, 0.25) is 0 Å². The number of carboxylic acid groups (broad SMARTS) is 1. The van der Waals surface area contributed by atoms with E-state index in [1.54, 1.807) is 6.92 Å². The summed E-state index contributed by atoms with van der Waals surface area (Å²) >= 11 is 0. The molecule has 32 heavy (non-hydrogen) atoms. The highest BCUT2D eigenvalue weighted by molar-refractivity contribution is 5.68. The SMILES string of the molecule is Cc1nc(-c2ccc(C(F)(F)F)cc2)oc1CCOC1C=CC2=C(CC[C@H]2CC(=O)O)C1. The zero-order chi connectivity index (χ0) is 22.9. The molecule has 0 saturated heterocycles. The summed E-state index contributed by atoms with van der Waals surface area (Å²) in [7, 11) is 0. The Morgan fingerprint density at radius 2 is 2.03 bits per heavy atom. The van der Waals surface area contributed by atoms with E-state index in [9.17, 15) is 18.0 Å². The summed E-state index contributed by atoms with van der Waals surface area (Å²) in [4.78, 5) is 15.4. The summed E-state index contributed by atoms with van der Waals surface area (Å²) in [6.45, 7) is 2.21. The molecular formula is C24H24F3NO4. The summed E-state index contributed by atoms with van der Waals surface area (Å²) in [5.74, 6) is 0.254. The number of alkyl halides is 3. The van der Waals surface area contributed by atoms with Crippen molar-refractivity contribution >= 4 is 5.97 Å². The number of rotatable bonds is 7. The Morgan fingerprint density at radius 1 is 1.28 bits per heavy atom. The molecule has 1 aromatic carbocycles. The number of aryl methyl sites for hydroxylation is 1. The summed E-state index contributed by atoms with van der Waals surface area (Å²) in [6, 6.07) is 4.73. The Labute approximate surface area is 183 Å². The minimum atomic E-state index is -4.38. The van der Waals surface area contributed by atoms with Gasteiger partial charge in [0.15, 0.2) is 0 Å². The van der Waals surface area contributed by atoms with Crippen LogP contribution in [0.25, 0.3) is 11.5 Å². The van der Waals surface area contributed by atoms with Crippen molar-refractivity contribution in [3.05, 3.63) is 64.6 Å². The first-order valence-corrected chi connectivity index (χ1v) is 10.6. The molecule has 5 nitrogen and oxygen atoms in total. The monoisotopic (exact) mass is 447 g/mol. The summed E-state index contributed by atoms with van der Waals surface area (Å²) in [5, 5.41) is 9.05. The summed E-state index contributed by atoms with van der Waals surface area (Å²) in [5.41, 5.74) is 2.89. The van der Waals surface area contributed by atoms with Crippen LogP contribution in [-0.2, 0) is 22.1 Å². The van der Waals surface area contributed by atoms with Gasteiger partial charge in [0, 0.05) is 12.0 Å². The Morgan fingerprint density at radius 3 is 2.72 bits per heavy atom. The van der Waals surface area contributed by atoms with Gasteiger partial charge in [0.25, 0.3) is 0 Å². The van der Waals surface area contributed by atoms with Gasteiger partial charge in [-0.1, -0.05) is 17.7 Å².